The standard InChI is InChI=1S/C20H22N4O4/c1-3-20(2)18(26)24(19(27)22-20)23-17(25)13-28-16-11-9-15(10-12-16)21-14-7-5-4-6-8-14/h4-12,21H,3,13H2,1-2H3,(H,22,27)(H,23,25)/t20-/m1/s1. The topological polar surface area (TPSA) is 99.8 Å². The molecule has 0 aromatic heterocycles. The molecule has 0 bridgehead atoms. The van der Waals surface area contributed by atoms with Crippen molar-refractivity contribution in [2.24, 2.45) is 0 Å². The van der Waals surface area contributed by atoms with Crippen molar-refractivity contribution in [1.29, 1.82) is 0 Å². The number of ether oxygens (including phenoxy) is 1. The molecule has 0 unspecified atom stereocenters. The summed E-state index contributed by atoms with van der Waals surface area (Å²) < 4.78 is 5.42. The lowest BCUT2D eigenvalue weighted by Crippen LogP contribution is -2.49. The summed E-state index contributed by atoms with van der Waals surface area (Å²) in [6.45, 7) is 3.06. The van der Waals surface area contributed by atoms with E-state index in [4.69, 9.17) is 4.74 Å². The lowest BCUT2D eigenvalue weighted by Gasteiger charge is -2.19. The molecule has 1 aliphatic rings. The quantitative estimate of drug-likeness (QED) is 0.639. The maximum Gasteiger partial charge on any atom is 0.344 e. The van der Waals surface area contributed by atoms with E-state index in [1.54, 1.807) is 26.0 Å². The molecule has 1 aliphatic heterocycles. The number of carbonyl (C=O) groups is 3. The van der Waals surface area contributed by atoms with E-state index in [-0.39, 0.29) is 6.61 Å². The fourth-order valence-corrected chi connectivity index (χ4v) is 2.65. The number of para-hydroxylation sites is 1. The SMILES string of the molecule is CC[C@@]1(C)NC(=O)N(NC(=O)COc2ccc(Nc3ccccc3)cc2)C1=O. The minimum absolute atomic E-state index is 0.328. The molecule has 3 rings (SSSR count). The van der Waals surface area contributed by atoms with Gasteiger partial charge in [-0.05, 0) is 49.7 Å². The molecule has 28 heavy (non-hydrogen) atoms. The summed E-state index contributed by atoms with van der Waals surface area (Å²) in [6.07, 6.45) is 0.420. The Balaban J connectivity index is 1.51. The third-order valence-corrected chi connectivity index (χ3v) is 4.49. The van der Waals surface area contributed by atoms with Crippen molar-refractivity contribution in [1.82, 2.24) is 15.8 Å². The van der Waals surface area contributed by atoms with Crippen LogP contribution in [-0.4, -0.2) is 35.0 Å². The second-order valence-electron chi connectivity index (χ2n) is 6.60. The molecule has 8 nitrogen and oxygen atoms in total. The first-order chi connectivity index (χ1) is 13.4. The molecular formula is C20H22N4O4. The van der Waals surface area contributed by atoms with Gasteiger partial charge >= 0.3 is 6.03 Å². The van der Waals surface area contributed by atoms with Crippen molar-refractivity contribution < 1.29 is 19.1 Å². The number of carbonyl (C=O) groups excluding carboxylic acids is 3. The normalized spacial score (nSPS) is 18.6. The van der Waals surface area contributed by atoms with Crippen LogP contribution < -0.4 is 20.8 Å². The van der Waals surface area contributed by atoms with Crippen LogP contribution in [0.25, 0.3) is 0 Å². The molecule has 2 aromatic rings. The Kier molecular flexibility index (Phi) is 5.49. The van der Waals surface area contributed by atoms with Crippen LogP contribution >= 0.6 is 0 Å². The average molecular weight is 382 g/mol. The molecule has 3 N–H and O–H groups in total. The number of nitrogens with zero attached hydrogens (tertiary/aromatic N) is 1. The van der Waals surface area contributed by atoms with E-state index in [0.29, 0.717) is 17.2 Å². The van der Waals surface area contributed by atoms with Gasteiger partial charge in [-0.25, -0.2) is 4.79 Å². The second kappa shape index (κ2) is 7.99. The molecule has 0 spiro atoms. The van der Waals surface area contributed by atoms with E-state index in [1.807, 2.05) is 42.5 Å². The van der Waals surface area contributed by atoms with Gasteiger partial charge in [-0.3, -0.25) is 15.0 Å². The van der Waals surface area contributed by atoms with Crippen LogP contribution in [0.2, 0.25) is 0 Å². The molecule has 0 radical (unpaired) electrons. The molecule has 0 aliphatic carbocycles. The number of imide groups is 1. The Bertz CT molecular complexity index is 870. The Hall–Kier alpha value is -3.55. The molecule has 1 saturated heterocycles. The van der Waals surface area contributed by atoms with Crippen molar-refractivity contribution in [3.63, 3.8) is 0 Å². The minimum atomic E-state index is -1.01. The first-order valence-corrected chi connectivity index (χ1v) is 8.92. The van der Waals surface area contributed by atoms with E-state index >= 15 is 0 Å². The Labute approximate surface area is 162 Å². The van der Waals surface area contributed by atoms with Gasteiger partial charge in [-0.2, -0.15) is 5.01 Å². The maximum absolute atomic E-state index is 12.2. The number of nitrogens with one attached hydrogen (secondary N) is 3. The first-order valence-electron chi connectivity index (χ1n) is 8.92. The maximum atomic E-state index is 12.2. The molecule has 4 amide bonds. The van der Waals surface area contributed by atoms with Crippen LogP contribution in [0.3, 0.4) is 0 Å². The van der Waals surface area contributed by atoms with Gasteiger partial charge in [-0.1, -0.05) is 25.1 Å². The number of urea groups is 1. The summed E-state index contributed by atoms with van der Waals surface area (Å²) in [6, 6.07) is 16.2. The molecule has 146 valence electrons. The van der Waals surface area contributed by atoms with Crippen LogP contribution in [-0.2, 0) is 9.59 Å². The van der Waals surface area contributed by atoms with Gasteiger partial charge in [-0.15, -0.1) is 0 Å². The zero-order chi connectivity index (χ0) is 20.1. The highest BCUT2D eigenvalue weighted by molar-refractivity contribution is 6.07. The van der Waals surface area contributed by atoms with Crippen LogP contribution in [0.1, 0.15) is 20.3 Å². The van der Waals surface area contributed by atoms with Crippen LogP contribution in [0, 0.1) is 0 Å². The predicted octanol–water partition coefficient (Wildman–Crippen LogP) is 2.56. The van der Waals surface area contributed by atoms with E-state index in [1.165, 1.54) is 0 Å². The van der Waals surface area contributed by atoms with E-state index < -0.39 is 23.4 Å². The fraction of sp³-hybridized carbons (Fsp3) is 0.250. The van der Waals surface area contributed by atoms with Gasteiger partial charge in [0.1, 0.15) is 11.3 Å². The fourth-order valence-electron chi connectivity index (χ4n) is 2.65. The highest BCUT2D eigenvalue weighted by Gasteiger charge is 2.47. The Morgan fingerprint density at radius 3 is 2.32 bits per heavy atom. The summed E-state index contributed by atoms with van der Waals surface area (Å²) in [5.74, 6) is -0.607. The van der Waals surface area contributed by atoms with Crippen molar-refractivity contribution in [3.05, 3.63) is 54.6 Å². The predicted molar refractivity (Wildman–Crippen MR) is 104 cm³/mol. The number of hydrogen-bond donors (Lipinski definition) is 3. The molecular weight excluding hydrogens is 360 g/mol. The number of rotatable bonds is 7. The molecule has 1 heterocycles. The zero-order valence-corrected chi connectivity index (χ0v) is 15.7. The average Bonchev–Trinajstić information content (AvgIpc) is 2.92. The monoisotopic (exact) mass is 382 g/mol. The minimum Gasteiger partial charge on any atom is -0.484 e. The van der Waals surface area contributed by atoms with E-state index in [0.717, 1.165) is 11.4 Å². The first kappa shape index (κ1) is 19.2. The Morgan fingerprint density at radius 2 is 1.71 bits per heavy atom. The molecule has 2 aromatic carbocycles. The lowest BCUT2D eigenvalue weighted by molar-refractivity contribution is -0.139. The van der Waals surface area contributed by atoms with Crippen molar-refractivity contribution >= 4 is 29.2 Å². The molecule has 8 heteroatoms. The third-order valence-electron chi connectivity index (χ3n) is 4.49. The largest absolute Gasteiger partial charge is 0.484 e. The van der Waals surface area contributed by atoms with E-state index in [9.17, 15) is 14.4 Å². The Morgan fingerprint density at radius 1 is 1.07 bits per heavy atom. The summed E-state index contributed by atoms with van der Waals surface area (Å²) in [5, 5.41) is 6.50. The number of amides is 4. The van der Waals surface area contributed by atoms with Gasteiger partial charge in [0, 0.05) is 11.4 Å². The molecule has 0 saturated carbocycles. The van der Waals surface area contributed by atoms with Crippen LogP contribution in [0.4, 0.5) is 16.2 Å². The summed E-state index contributed by atoms with van der Waals surface area (Å²) in [5.41, 5.74) is 3.11. The van der Waals surface area contributed by atoms with Gasteiger partial charge < -0.3 is 15.4 Å². The van der Waals surface area contributed by atoms with Gasteiger partial charge in [0.05, 0.1) is 0 Å². The number of anilines is 2. The number of benzene rings is 2. The van der Waals surface area contributed by atoms with Gasteiger partial charge in [0.2, 0.25) is 0 Å². The van der Waals surface area contributed by atoms with Crippen LogP contribution in [0.5, 0.6) is 5.75 Å². The van der Waals surface area contributed by atoms with E-state index in [2.05, 4.69) is 16.1 Å². The highest BCUT2D eigenvalue weighted by Crippen LogP contribution is 2.20. The molecule has 1 atom stereocenters. The van der Waals surface area contributed by atoms with Crippen molar-refractivity contribution in [2.45, 2.75) is 25.8 Å². The zero-order valence-electron chi connectivity index (χ0n) is 15.7. The summed E-state index contributed by atoms with van der Waals surface area (Å²) in [7, 11) is 0. The van der Waals surface area contributed by atoms with Gasteiger partial charge in [0.15, 0.2) is 6.61 Å². The smallest absolute Gasteiger partial charge is 0.344 e. The highest BCUT2D eigenvalue weighted by atomic mass is 16.5. The van der Waals surface area contributed by atoms with Crippen molar-refractivity contribution in [2.75, 3.05) is 11.9 Å². The molecule has 1 fully saturated rings. The van der Waals surface area contributed by atoms with Crippen molar-refractivity contribution in [3.8, 4) is 5.75 Å². The lowest BCUT2D eigenvalue weighted by atomic mass is 10.00. The summed E-state index contributed by atoms with van der Waals surface area (Å²) in [4.78, 5) is 36.2. The van der Waals surface area contributed by atoms with Gasteiger partial charge in [0.25, 0.3) is 11.8 Å². The number of hydrazine groups is 1. The van der Waals surface area contributed by atoms with Crippen LogP contribution in [0.15, 0.2) is 54.6 Å². The third kappa shape index (κ3) is 4.22. The summed E-state index contributed by atoms with van der Waals surface area (Å²) >= 11 is 0. The number of hydrogen-bond acceptors (Lipinski definition) is 5. The second-order valence-corrected chi connectivity index (χ2v) is 6.60.